The van der Waals surface area contributed by atoms with E-state index in [-0.39, 0.29) is 23.6 Å². The Morgan fingerprint density at radius 2 is 2.19 bits per heavy atom. The van der Waals surface area contributed by atoms with Gasteiger partial charge in [-0.05, 0) is 42.5 Å². The van der Waals surface area contributed by atoms with Gasteiger partial charge in [0.1, 0.15) is 5.82 Å². The Bertz CT molecular complexity index is 648. The normalized spacial score (nSPS) is 24.1. The molecule has 1 amide bonds. The van der Waals surface area contributed by atoms with E-state index < -0.39 is 0 Å². The van der Waals surface area contributed by atoms with Crippen LogP contribution in [0.1, 0.15) is 24.5 Å². The summed E-state index contributed by atoms with van der Waals surface area (Å²) in [6.07, 6.45) is 5.81. The summed E-state index contributed by atoms with van der Waals surface area (Å²) in [7, 11) is 0. The van der Waals surface area contributed by atoms with Crippen LogP contribution in [0.2, 0.25) is 0 Å². The number of halogens is 1. The van der Waals surface area contributed by atoms with Crippen molar-refractivity contribution in [2.45, 2.75) is 26.2 Å². The van der Waals surface area contributed by atoms with Crippen LogP contribution in [0.5, 0.6) is 0 Å². The average Bonchev–Trinajstić information content (AvgIpc) is 2.89. The van der Waals surface area contributed by atoms with Crippen molar-refractivity contribution in [1.82, 2.24) is 5.32 Å². The molecule has 1 aromatic rings. The van der Waals surface area contributed by atoms with E-state index in [1.165, 1.54) is 6.07 Å². The Hall–Kier alpha value is -2.10. The first-order chi connectivity index (χ1) is 10.1. The molecular weight excluding hydrogens is 267 g/mol. The topological polar surface area (TPSA) is 55.1 Å². The molecule has 110 valence electrons. The molecule has 3 nitrogen and oxygen atoms in total. The molecule has 4 heteroatoms. The molecule has 0 bridgehead atoms. The van der Waals surface area contributed by atoms with Crippen molar-refractivity contribution in [2.24, 2.45) is 17.6 Å². The highest BCUT2D eigenvalue weighted by Crippen LogP contribution is 2.29. The summed E-state index contributed by atoms with van der Waals surface area (Å²) in [5, 5.41) is 2.90. The van der Waals surface area contributed by atoms with Gasteiger partial charge in [-0.1, -0.05) is 25.1 Å². The van der Waals surface area contributed by atoms with Crippen LogP contribution in [-0.4, -0.2) is 5.91 Å². The third-order valence-corrected chi connectivity index (χ3v) is 4.38. The van der Waals surface area contributed by atoms with E-state index in [1.54, 1.807) is 6.07 Å². The minimum Gasteiger partial charge on any atom is -0.400 e. The Balaban J connectivity index is 1.73. The van der Waals surface area contributed by atoms with Crippen LogP contribution >= 0.6 is 0 Å². The van der Waals surface area contributed by atoms with Gasteiger partial charge < -0.3 is 11.1 Å². The zero-order chi connectivity index (χ0) is 15.0. The van der Waals surface area contributed by atoms with Crippen molar-refractivity contribution >= 4 is 5.91 Å². The minimum absolute atomic E-state index is 0.0812. The lowest BCUT2D eigenvalue weighted by Crippen LogP contribution is -2.33. The number of carbonyl (C=O) groups excluding carboxylic acids is 1. The van der Waals surface area contributed by atoms with Crippen LogP contribution in [0, 0.1) is 17.7 Å². The summed E-state index contributed by atoms with van der Waals surface area (Å²) in [5.41, 5.74) is 9.04. The molecule has 2 atom stereocenters. The second-order valence-corrected chi connectivity index (χ2v) is 5.88. The van der Waals surface area contributed by atoms with Gasteiger partial charge in [0.25, 0.3) is 0 Å². The molecular formula is C17H19FN2O. The summed E-state index contributed by atoms with van der Waals surface area (Å²) in [6.45, 7) is 2.03. The number of hydrogen-bond acceptors (Lipinski definition) is 2. The van der Waals surface area contributed by atoms with E-state index in [0.717, 1.165) is 12.0 Å². The maximum absolute atomic E-state index is 13.7. The molecule has 0 radical (unpaired) electrons. The van der Waals surface area contributed by atoms with Crippen LogP contribution in [-0.2, 0) is 17.6 Å². The number of allylic oxidation sites excluding steroid dienone is 3. The largest absolute Gasteiger partial charge is 0.400 e. The highest BCUT2D eigenvalue weighted by molar-refractivity contribution is 5.82. The predicted octanol–water partition coefficient (Wildman–Crippen LogP) is 2.42. The first-order valence-electron chi connectivity index (χ1n) is 7.29. The van der Waals surface area contributed by atoms with Crippen LogP contribution in [0.3, 0.4) is 0 Å². The average molecular weight is 286 g/mol. The number of nitrogens with one attached hydrogen (secondary N) is 1. The van der Waals surface area contributed by atoms with Gasteiger partial charge in [0, 0.05) is 17.5 Å². The minimum atomic E-state index is -0.220. The van der Waals surface area contributed by atoms with Crippen molar-refractivity contribution in [3.05, 3.63) is 58.7 Å². The molecule has 0 aliphatic heterocycles. The quantitative estimate of drug-likeness (QED) is 0.877. The van der Waals surface area contributed by atoms with E-state index in [9.17, 15) is 9.18 Å². The standard InChI is InChI=1S/C17H19FN2O/c1-10-4-2-7-15(16(10)19)20-17(21)12-8-11-5-3-6-14(18)13(11)9-12/h2-3,5-7,10,12H,4,8-9,19H2,1H3,(H,20,21). The highest BCUT2D eigenvalue weighted by Gasteiger charge is 2.30. The van der Waals surface area contributed by atoms with Crippen molar-refractivity contribution in [3.63, 3.8) is 0 Å². The van der Waals surface area contributed by atoms with Gasteiger partial charge in [0.15, 0.2) is 0 Å². The van der Waals surface area contributed by atoms with E-state index in [1.807, 2.05) is 25.1 Å². The maximum Gasteiger partial charge on any atom is 0.228 e. The SMILES string of the molecule is CC1CC=CC(NC(=O)C2Cc3cccc(F)c3C2)=C1N. The molecule has 2 unspecified atom stereocenters. The smallest absolute Gasteiger partial charge is 0.228 e. The highest BCUT2D eigenvalue weighted by atomic mass is 19.1. The van der Waals surface area contributed by atoms with Gasteiger partial charge in [-0.25, -0.2) is 4.39 Å². The van der Waals surface area contributed by atoms with Gasteiger partial charge in [-0.15, -0.1) is 0 Å². The Kier molecular flexibility index (Phi) is 3.53. The van der Waals surface area contributed by atoms with Crippen molar-refractivity contribution in [2.75, 3.05) is 0 Å². The number of carbonyl (C=O) groups is 1. The lowest BCUT2D eigenvalue weighted by atomic mass is 9.97. The predicted molar refractivity (Wildman–Crippen MR) is 79.6 cm³/mol. The molecule has 1 aromatic carbocycles. The molecule has 3 N–H and O–H groups in total. The van der Waals surface area contributed by atoms with E-state index in [0.29, 0.717) is 29.8 Å². The van der Waals surface area contributed by atoms with Crippen molar-refractivity contribution in [1.29, 1.82) is 0 Å². The molecule has 21 heavy (non-hydrogen) atoms. The third-order valence-electron chi connectivity index (χ3n) is 4.38. The number of fused-ring (bicyclic) bond motifs is 1. The molecule has 0 aromatic heterocycles. The number of amides is 1. The Morgan fingerprint density at radius 3 is 2.95 bits per heavy atom. The fourth-order valence-corrected chi connectivity index (χ4v) is 3.02. The first kappa shape index (κ1) is 13.9. The molecule has 0 saturated heterocycles. The van der Waals surface area contributed by atoms with Gasteiger partial charge in [0.05, 0.1) is 5.70 Å². The van der Waals surface area contributed by atoms with Crippen molar-refractivity contribution in [3.8, 4) is 0 Å². The number of rotatable bonds is 2. The first-order valence-corrected chi connectivity index (χ1v) is 7.29. The maximum atomic E-state index is 13.7. The Labute approximate surface area is 123 Å². The van der Waals surface area contributed by atoms with E-state index >= 15 is 0 Å². The van der Waals surface area contributed by atoms with Crippen molar-refractivity contribution < 1.29 is 9.18 Å². The summed E-state index contributed by atoms with van der Waals surface area (Å²) in [6, 6.07) is 5.04. The fraction of sp³-hybridized carbons (Fsp3) is 0.353. The third kappa shape index (κ3) is 2.58. The summed E-state index contributed by atoms with van der Waals surface area (Å²) in [5.74, 6) is -0.277. The fourth-order valence-electron chi connectivity index (χ4n) is 3.02. The van der Waals surface area contributed by atoms with Gasteiger partial charge >= 0.3 is 0 Å². The van der Waals surface area contributed by atoms with Gasteiger partial charge in [-0.3, -0.25) is 4.79 Å². The van der Waals surface area contributed by atoms with Crippen LogP contribution in [0.4, 0.5) is 4.39 Å². The molecule has 2 aliphatic rings. The second-order valence-electron chi connectivity index (χ2n) is 5.88. The molecule has 0 spiro atoms. The van der Waals surface area contributed by atoms with Crippen LogP contribution < -0.4 is 11.1 Å². The zero-order valence-electron chi connectivity index (χ0n) is 12.0. The summed E-state index contributed by atoms with van der Waals surface area (Å²) >= 11 is 0. The molecule has 0 saturated carbocycles. The van der Waals surface area contributed by atoms with E-state index in [4.69, 9.17) is 5.73 Å². The van der Waals surface area contributed by atoms with E-state index in [2.05, 4.69) is 5.32 Å². The molecule has 3 rings (SSSR count). The lowest BCUT2D eigenvalue weighted by Gasteiger charge is -2.20. The van der Waals surface area contributed by atoms with Crippen LogP contribution in [0.25, 0.3) is 0 Å². The summed E-state index contributed by atoms with van der Waals surface area (Å²) < 4.78 is 13.7. The number of nitrogens with two attached hydrogens (primary N) is 1. The molecule has 2 aliphatic carbocycles. The summed E-state index contributed by atoms with van der Waals surface area (Å²) in [4.78, 5) is 12.4. The zero-order valence-corrected chi connectivity index (χ0v) is 12.0. The molecule has 0 heterocycles. The Morgan fingerprint density at radius 1 is 1.38 bits per heavy atom. The van der Waals surface area contributed by atoms with Gasteiger partial charge in [-0.2, -0.15) is 0 Å². The molecule has 0 fully saturated rings. The monoisotopic (exact) mass is 286 g/mol. The van der Waals surface area contributed by atoms with Crippen LogP contribution in [0.15, 0.2) is 41.7 Å². The lowest BCUT2D eigenvalue weighted by molar-refractivity contribution is -0.123. The number of benzene rings is 1. The van der Waals surface area contributed by atoms with Gasteiger partial charge in [0.2, 0.25) is 5.91 Å². The second kappa shape index (κ2) is 5.35. The number of hydrogen-bond donors (Lipinski definition) is 2.